The minimum Gasteiger partial charge on any atom is -0.478 e. The summed E-state index contributed by atoms with van der Waals surface area (Å²) in [4.78, 5) is 10.4. The number of carbonyl (C=O) groups is 1. The second-order valence-corrected chi connectivity index (χ2v) is 2.99. The molecule has 1 rings (SSSR count). The molecule has 0 amide bonds. The predicted molar refractivity (Wildman–Crippen MR) is 43.4 cm³/mol. The van der Waals surface area contributed by atoms with Gasteiger partial charge in [-0.1, -0.05) is 11.6 Å². The molecule has 0 saturated carbocycles. The molecule has 0 aliphatic rings. The van der Waals surface area contributed by atoms with Crippen LogP contribution < -0.4 is 0 Å². The second kappa shape index (κ2) is 3.69. The molecule has 0 spiro atoms. The van der Waals surface area contributed by atoms with Crippen molar-refractivity contribution in [3.05, 3.63) is 34.1 Å². The van der Waals surface area contributed by atoms with E-state index in [1.165, 1.54) is 0 Å². The number of carboxylic acids is 1. The number of carboxylic acid groups (broad SMARTS) is 1. The molecule has 0 bridgehead atoms. The van der Waals surface area contributed by atoms with Crippen LogP contribution in [-0.4, -0.2) is 11.1 Å². The van der Waals surface area contributed by atoms with Gasteiger partial charge in [-0.05, 0) is 12.1 Å². The van der Waals surface area contributed by atoms with Crippen LogP contribution in [0.2, 0.25) is 5.02 Å². The Morgan fingerprint density at radius 3 is 2.27 bits per heavy atom. The third-order valence-corrected chi connectivity index (χ3v) is 1.93. The standard InChI is InChI=1S/C8H3ClF4O2/c9-4-2-1-3(8(11,12)13)6(10)5(4)7(14)15/h1-2H,(H,14,15). The molecule has 0 aromatic heterocycles. The van der Waals surface area contributed by atoms with Gasteiger partial charge in [0.2, 0.25) is 0 Å². The molecule has 0 unspecified atom stereocenters. The minimum absolute atomic E-state index is 0.393. The summed E-state index contributed by atoms with van der Waals surface area (Å²) in [6.45, 7) is 0. The Morgan fingerprint density at radius 2 is 1.87 bits per heavy atom. The molecule has 1 N–H and O–H groups in total. The maximum Gasteiger partial charge on any atom is 0.419 e. The van der Waals surface area contributed by atoms with Gasteiger partial charge in [-0.25, -0.2) is 9.18 Å². The maximum absolute atomic E-state index is 13.1. The van der Waals surface area contributed by atoms with E-state index in [0.29, 0.717) is 12.1 Å². The predicted octanol–water partition coefficient (Wildman–Crippen LogP) is 3.20. The number of aromatic carboxylic acids is 1. The summed E-state index contributed by atoms with van der Waals surface area (Å²) in [7, 11) is 0. The Morgan fingerprint density at radius 1 is 1.33 bits per heavy atom. The summed E-state index contributed by atoms with van der Waals surface area (Å²) in [5, 5.41) is 7.87. The van der Waals surface area contributed by atoms with Gasteiger partial charge in [-0.15, -0.1) is 0 Å². The maximum atomic E-state index is 13.1. The molecule has 0 fully saturated rings. The fraction of sp³-hybridized carbons (Fsp3) is 0.125. The van der Waals surface area contributed by atoms with E-state index in [-0.39, 0.29) is 0 Å². The number of hydrogen-bond donors (Lipinski definition) is 1. The molecule has 0 aliphatic carbocycles. The molecule has 0 atom stereocenters. The summed E-state index contributed by atoms with van der Waals surface area (Å²) in [5.74, 6) is -3.72. The summed E-state index contributed by atoms with van der Waals surface area (Å²) in [6.07, 6.45) is -4.95. The highest BCUT2D eigenvalue weighted by atomic mass is 35.5. The zero-order valence-electron chi connectivity index (χ0n) is 6.90. The lowest BCUT2D eigenvalue weighted by atomic mass is 10.1. The van der Waals surface area contributed by atoms with E-state index in [1.54, 1.807) is 0 Å². The van der Waals surface area contributed by atoms with Crippen molar-refractivity contribution >= 4 is 17.6 Å². The SMILES string of the molecule is O=C(O)c1c(Cl)ccc(C(F)(F)F)c1F. The molecule has 15 heavy (non-hydrogen) atoms. The lowest BCUT2D eigenvalue weighted by Gasteiger charge is -2.10. The Bertz CT molecular complexity index is 414. The van der Waals surface area contributed by atoms with Crippen LogP contribution in [0.3, 0.4) is 0 Å². The van der Waals surface area contributed by atoms with Gasteiger partial charge in [-0.3, -0.25) is 0 Å². The van der Waals surface area contributed by atoms with Gasteiger partial charge in [-0.2, -0.15) is 13.2 Å². The van der Waals surface area contributed by atoms with E-state index in [1.807, 2.05) is 0 Å². The molecule has 82 valence electrons. The Balaban J connectivity index is 3.49. The number of alkyl halides is 3. The molecule has 0 radical (unpaired) electrons. The van der Waals surface area contributed by atoms with Crippen LogP contribution in [0.15, 0.2) is 12.1 Å². The van der Waals surface area contributed by atoms with Crippen LogP contribution in [0.25, 0.3) is 0 Å². The van der Waals surface area contributed by atoms with Gasteiger partial charge < -0.3 is 5.11 Å². The van der Waals surface area contributed by atoms with Crippen molar-refractivity contribution in [2.75, 3.05) is 0 Å². The Labute approximate surface area is 86.1 Å². The van der Waals surface area contributed by atoms with Crippen molar-refractivity contribution in [1.82, 2.24) is 0 Å². The fourth-order valence-corrected chi connectivity index (χ4v) is 1.19. The first-order valence-electron chi connectivity index (χ1n) is 3.53. The van der Waals surface area contributed by atoms with Crippen molar-refractivity contribution in [1.29, 1.82) is 0 Å². The molecule has 0 heterocycles. The van der Waals surface area contributed by atoms with Gasteiger partial charge in [0, 0.05) is 0 Å². The van der Waals surface area contributed by atoms with Gasteiger partial charge in [0.25, 0.3) is 0 Å². The first-order valence-corrected chi connectivity index (χ1v) is 3.91. The highest BCUT2D eigenvalue weighted by Gasteiger charge is 2.36. The highest BCUT2D eigenvalue weighted by Crippen LogP contribution is 2.34. The lowest BCUT2D eigenvalue weighted by Crippen LogP contribution is -2.12. The van der Waals surface area contributed by atoms with Gasteiger partial charge >= 0.3 is 12.1 Å². The first kappa shape index (κ1) is 11.8. The zero-order chi connectivity index (χ0) is 11.8. The molecule has 1 aromatic rings. The minimum atomic E-state index is -4.95. The van der Waals surface area contributed by atoms with Crippen LogP contribution in [0, 0.1) is 5.82 Å². The Kier molecular flexibility index (Phi) is 2.90. The van der Waals surface area contributed by atoms with Gasteiger partial charge in [0.15, 0.2) is 5.82 Å². The normalized spacial score (nSPS) is 11.5. The van der Waals surface area contributed by atoms with Crippen molar-refractivity contribution in [2.45, 2.75) is 6.18 Å². The van der Waals surface area contributed by atoms with E-state index in [0.717, 1.165) is 0 Å². The highest BCUT2D eigenvalue weighted by molar-refractivity contribution is 6.33. The van der Waals surface area contributed by atoms with E-state index in [4.69, 9.17) is 16.7 Å². The third kappa shape index (κ3) is 2.20. The summed E-state index contributed by atoms with van der Waals surface area (Å²) >= 11 is 5.26. The summed E-state index contributed by atoms with van der Waals surface area (Å²) in [5.41, 5.74) is -2.82. The van der Waals surface area contributed by atoms with Crippen molar-refractivity contribution in [2.24, 2.45) is 0 Å². The zero-order valence-corrected chi connectivity index (χ0v) is 7.66. The fourth-order valence-electron chi connectivity index (χ4n) is 0.967. The van der Waals surface area contributed by atoms with Crippen LogP contribution in [0.1, 0.15) is 15.9 Å². The third-order valence-electron chi connectivity index (χ3n) is 1.61. The smallest absolute Gasteiger partial charge is 0.419 e. The average molecular weight is 243 g/mol. The molecule has 0 aliphatic heterocycles. The van der Waals surface area contributed by atoms with E-state index in [2.05, 4.69) is 0 Å². The molecular weight excluding hydrogens is 240 g/mol. The number of halogens is 5. The average Bonchev–Trinajstić information content (AvgIpc) is 2.00. The van der Waals surface area contributed by atoms with Crippen LogP contribution in [0.5, 0.6) is 0 Å². The van der Waals surface area contributed by atoms with Crippen LogP contribution in [-0.2, 0) is 6.18 Å². The quantitative estimate of drug-likeness (QED) is 0.768. The lowest BCUT2D eigenvalue weighted by molar-refractivity contribution is -0.140. The van der Waals surface area contributed by atoms with Crippen molar-refractivity contribution in [3.63, 3.8) is 0 Å². The Hall–Kier alpha value is -1.30. The summed E-state index contributed by atoms with van der Waals surface area (Å²) < 4.78 is 49.5. The summed E-state index contributed by atoms with van der Waals surface area (Å²) in [6, 6.07) is 1.08. The van der Waals surface area contributed by atoms with E-state index >= 15 is 0 Å². The van der Waals surface area contributed by atoms with Crippen LogP contribution >= 0.6 is 11.6 Å². The van der Waals surface area contributed by atoms with Gasteiger partial charge in [0.1, 0.15) is 5.56 Å². The molecule has 1 aromatic carbocycles. The number of benzene rings is 1. The first-order chi connectivity index (χ1) is 6.75. The number of rotatable bonds is 1. The molecular formula is C8H3ClF4O2. The monoisotopic (exact) mass is 242 g/mol. The largest absolute Gasteiger partial charge is 0.478 e. The number of hydrogen-bond acceptors (Lipinski definition) is 1. The topological polar surface area (TPSA) is 37.3 Å². The van der Waals surface area contributed by atoms with Crippen LogP contribution in [0.4, 0.5) is 17.6 Å². The van der Waals surface area contributed by atoms with E-state index < -0.39 is 34.1 Å². The second-order valence-electron chi connectivity index (χ2n) is 2.59. The van der Waals surface area contributed by atoms with E-state index in [9.17, 15) is 22.4 Å². The molecule has 0 saturated heterocycles. The molecule has 2 nitrogen and oxygen atoms in total. The molecule has 7 heteroatoms. The van der Waals surface area contributed by atoms with Crippen molar-refractivity contribution < 1.29 is 27.5 Å². The van der Waals surface area contributed by atoms with Crippen molar-refractivity contribution in [3.8, 4) is 0 Å². The van der Waals surface area contributed by atoms with Gasteiger partial charge in [0.05, 0.1) is 10.6 Å².